The van der Waals surface area contributed by atoms with Crippen molar-refractivity contribution in [3.8, 4) is 0 Å². The van der Waals surface area contributed by atoms with Crippen LogP contribution in [0.5, 0.6) is 0 Å². The van der Waals surface area contributed by atoms with Crippen LogP contribution in [0, 0.1) is 0 Å². The summed E-state index contributed by atoms with van der Waals surface area (Å²) < 4.78 is 23.1. The van der Waals surface area contributed by atoms with E-state index >= 15 is 0 Å². The minimum absolute atomic E-state index is 0.192. The van der Waals surface area contributed by atoms with E-state index < -0.39 is 9.84 Å². The molecule has 15 heavy (non-hydrogen) atoms. The summed E-state index contributed by atoms with van der Waals surface area (Å²) in [4.78, 5) is 4.31. The molecule has 1 saturated heterocycles. The Kier molecular flexibility index (Phi) is 3.56. The lowest BCUT2D eigenvalue weighted by molar-refractivity contribution is 0.587. The first-order chi connectivity index (χ1) is 7.18. The van der Waals surface area contributed by atoms with E-state index in [1.165, 1.54) is 0 Å². The minimum atomic E-state index is -2.81. The van der Waals surface area contributed by atoms with Gasteiger partial charge in [-0.2, -0.15) is 0 Å². The molecule has 6 heteroatoms. The van der Waals surface area contributed by atoms with Gasteiger partial charge in [0.05, 0.1) is 11.0 Å². The largest absolute Gasteiger partial charge is 0.364 e. The fourth-order valence-corrected chi connectivity index (χ4v) is 4.46. The third-order valence-corrected chi connectivity index (χ3v) is 6.06. The predicted molar refractivity (Wildman–Crippen MR) is 64.2 cm³/mol. The molecule has 2 rings (SSSR count). The van der Waals surface area contributed by atoms with Crippen LogP contribution in [0.15, 0.2) is 4.99 Å². The SMILES string of the molecule is O=S1(=O)CCCC1CNC1=NCCCS1. The lowest BCUT2D eigenvalue weighted by Crippen LogP contribution is -2.34. The van der Waals surface area contributed by atoms with E-state index in [0.29, 0.717) is 12.3 Å². The van der Waals surface area contributed by atoms with Gasteiger partial charge in [0, 0.05) is 18.8 Å². The lowest BCUT2D eigenvalue weighted by atomic mass is 10.2. The van der Waals surface area contributed by atoms with Gasteiger partial charge in [-0.25, -0.2) is 8.42 Å². The van der Waals surface area contributed by atoms with Crippen LogP contribution in [0.4, 0.5) is 0 Å². The Morgan fingerprint density at radius 3 is 2.93 bits per heavy atom. The zero-order valence-corrected chi connectivity index (χ0v) is 10.2. The topological polar surface area (TPSA) is 58.5 Å². The van der Waals surface area contributed by atoms with E-state index in [9.17, 15) is 8.42 Å². The summed E-state index contributed by atoms with van der Waals surface area (Å²) in [6, 6.07) is 0. The van der Waals surface area contributed by atoms with E-state index in [4.69, 9.17) is 0 Å². The highest BCUT2D eigenvalue weighted by Gasteiger charge is 2.31. The Morgan fingerprint density at radius 1 is 1.47 bits per heavy atom. The molecule has 0 aromatic rings. The number of rotatable bonds is 2. The summed E-state index contributed by atoms with van der Waals surface area (Å²) in [6.45, 7) is 1.40. The number of hydrogen-bond acceptors (Lipinski definition) is 5. The Morgan fingerprint density at radius 2 is 2.33 bits per heavy atom. The first-order valence-electron chi connectivity index (χ1n) is 5.31. The van der Waals surface area contributed by atoms with Gasteiger partial charge < -0.3 is 5.32 Å². The van der Waals surface area contributed by atoms with Crippen LogP contribution >= 0.6 is 11.8 Å². The van der Waals surface area contributed by atoms with Crippen molar-refractivity contribution in [2.24, 2.45) is 4.99 Å². The summed E-state index contributed by atoms with van der Waals surface area (Å²) >= 11 is 1.69. The molecule has 0 bridgehead atoms. The van der Waals surface area contributed by atoms with Crippen molar-refractivity contribution in [2.45, 2.75) is 24.5 Å². The second-order valence-corrected chi connectivity index (χ2v) is 7.39. The maximum atomic E-state index is 11.5. The molecule has 0 aromatic carbocycles. The summed E-state index contributed by atoms with van der Waals surface area (Å²) in [5.41, 5.74) is 0. The first-order valence-corrected chi connectivity index (χ1v) is 8.01. The standard InChI is InChI=1S/C9H16N2O2S2/c12-15(13)6-1-3-8(15)7-11-9-10-4-2-5-14-9/h8H,1-7H2,(H,10,11). The molecule has 86 valence electrons. The van der Waals surface area contributed by atoms with E-state index in [1.54, 1.807) is 11.8 Å². The van der Waals surface area contributed by atoms with Gasteiger partial charge in [0.25, 0.3) is 0 Å². The van der Waals surface area contributed by atoms with Gasteiger partial charge in [-0.3, -0.25) is 4.99 Å². The maximum absolute atomic E-state index is 11.5. The van der Waals surface area contributed by atoms with Gasteiger partial charge >= 0.3 is 0 Å². The quantitative estimate of drug-likeness (QED) is 0.779. The number of thioether (sulfide) groups is 1. The highest BCUT2D eigenvalue weighted by molar-refractivity contribution is 8.13. The minimum Gasteiger partial charge on any atom is -0.364 e. The molecule has 0 aliphatic carbocycles. The number of nitrogens with zero attached hydrogens (tertiary/aromatic N) is 1. The average molecular weight is 248 g/mol. The van der Waals surface area contributed by atoms with Crippen LogP contribution in [0.3, 0.4) is 0 Å². The summed E-state index contributed by atoms with van der Waals surface area (Å²) in [5.74, 6) is 1.45. The van der Waals surface area contributed by atoms with E-state index in [-0.39, 0.29) is 5.25 Å². The average Bonchev–Trinajstić information content (AvgIpc) is 2.56. The van der Waals surface area contributed by atoms with Crippen molar-refractivity contribution in [1.82, 2.24) is 5.32 Å². The molecule has 0 radical (unpaired) electrons. The third-order valence-electron chi connectivity index (χ3n) is 2.74. The van der Waals surface area contributed by atoms with Gasteiger partial charge in [-0.05, 0) is 19.3 Å². The molecular weight excluding hydrogens is 232 g/mol. The van der Waals surface area contributed by atoms with Crippen LogP contribution in [-0.2, 0) is 9.84 Å². The Labute approximate surface area is 94.8 Å². The Balaban J connectivity index is 1.85. The number of nitrogens with one attached hydrogen (secondary N) is 1. The molecule has 0 spiro atoms. The van der Waals surface area contributed by atoms with E-state index in [0.717, 1.165) is 36.7 Å². The Bertz CT molecular complexity index is 351. The van der Waals surface area contributed by atoms with Crippen molar-refractivity contribution in [3.05, 3.63) is 0 Å². The van der Waals surface area contributed by atoms with Gasteiger partial charge in [0.2, 0.25) is 0 Å². The zero-order valence-electron chi connectivity index (χ0n) is 8.61. The maximum Gasteiger partial charge on any atom is 0.156 e. The van der Waals surface area contributed by atoms with E-state index in [2.05, 4.69) is 10.3 Å². The van der Waals surface area contributed by atoms with Crippen LogP contribution in [0.2, 0.25) is 0 Å². The molecule has 2 heterocycles. The molecule has 1 unspecified atom stereocenters. The van der Waals surface area contributed by atoms with Crippen molar-refractivity contribution >= 4 is 26.8 Å². The van der Waals surface area contributed by atoms with Crippen LogP contribution in [0.1, 0.15) is 19.3 Å². The molecule has 4 nitrogen and oxygen atoms in total. The molecule has 1 N–H and O–H groups in total. The number of hydrogen-bond donors (Lipinski definition) is 1. The van der Waals surface area contributed by atoms with Gasteiger partial charge in [0.1, 0.15) is 0 Å². The Hall–Kier alpha value is -0.230. The van der Waals surface area contributed by atoms with E-state index in [1.807, 2.05) is 0 Å². The molecule has 0 amide bonds. The van der Waals surface area contributed by atoms with Crippen molar-refractivity contribution in [3.63, 3.8) is 0 Å². The second-order valence-electron chi connectivity index (χ2n) is 3.90. The highest BCUT2D eigenvalue weighted by atomic mass is 32.2. The second kappa shape index (κ2) is 4.74. The van der Waals surface area contributed by atoms with Crippen molar-refractivity contribution in [1.29, 1.82) is 0 Å². The smallest absolute Gasteiger partial charge is 0.156 e. The summed E-state index contributed by atoms with van der Waals surface area (Å²) in [7, 11) is -2.81. The van der Waals surface area contributed by atoms with Crippen LogP contribution < -0.4 is 5.32 Å². The van der Waals surface area contributed by atoms with Crippen LogP contribution in [0.25, 0.3) is 0 Å². The normalized spacial score (nSPS) is 29.9. The highest BCUT2D eigenvalue weighted by Crippen LogP contribution is 2.19. The fourth-order valence-electron chi connectivity index (χ4n) is 1.86. The predicted octanol–water partition coefficient (Wildman–Crippen LogP) is 0.646. The summed E-state index contributed by atoms with van der Waals surface area (Å²) in [5, 5.41) is 3.88. The molecule has 0 saturated carbocycles. The number of aliphatic imine (C=N–C) groups is 1. The van der Waals surface area contributed by atoms with Crippen LogP contribution in [-0.4, -0.2) is 43.4 Å². The first kappa shape index (κ1) is 11.3. The molecule has 2 aliphatic rings. The van der Waals surface area contributed by atoms with Crippen molar-refractivity contribution in [2.75, 3.05) is 24.6 Å². The number of amidine groups is 1. The lowest BCUT2D eigenvalue weighted by Gasteiger charge is -2.15. The monoisotopic (exact) mass is 248 g/mol. The zero-order chi connectivity index (χ0) is 10.7. The number of sulfone groups is 1. The van der Waals surface area contributed by atoms with Gasteiger partial charge in [-0.1, -0.05) is 11.8 Å². The molecule has 2 aliphatic heterocycles. The molecule has 1 atom stereocenters. The molecule has 1 fully saturated rings. The molecule has 0 aromatic heterocycles. The summed E-state index contributed by atoms with van der Waals surface area (Å²) in [6.07, 6.45) is 2.74. The third kappa shape index (κ3) is 2.87. The molecular formula is C9H16N2O2S2. The van der Waals surface area contributed by atoms with Gasteiger partial charge in [0.15, 0.2) is 15.0 Å². The fraction of sp³-hybridized carbons (Fsp3) is 0.889. The van der Waals surface area contributed by atoms with Gasteiger partial charge in [-0.15, -0.1) is 0 Å². The van der Waals surface area contributed by atoms with Crippen molar-refractivity contribution < 1.29 is 8.42 Å².